The van der Waals surface area contributed by atoms with Crippen molar-refractivity contribution in [1.82, 2.24) is 10.2 Å². The standard InChI is InChI=1S/C34H45N3O4S/c1-25(2)23-35-34(39)32(22-29-14-8-7-9-15-29)36(24-30-16-11-10-13-27(30)4)33(38)17-12-20-37(42(6,40)41)31-21-26(3)18-19-28(31)5/h7-11,13-16,18-19,21,25,32H,12,17,20,22-24H2,1-6H3,(H,35,39)/t32-/m0/s1. The fourth-order valence-electron chi connectivity index (χ4n) is 4.92. The summed E-state index contributed by atoms with van der Waals surface area (Å²) in [5.41, 5.74) is 5.40. The monoisotopic (exact) mass is 591 g/mol. The van der Waals surface area contributed by atoms with Crippen molar-refractivity contribution in [2.75, 3.05) is 23.7 Å². The van der Waals surface area contributed by atoms with Gasteiger partial charge >= 0.3 is 0 Å². The summed E-state index contributed by atoms with van der Waals surface area (Å²) in [6.07, 6.45) is 1.98. The number of nitrogens with zero attached hydrogens (tertiary/aromatic N) is 2. The molecule has 1 N–H and O–H groups in total. The summed E-state index contributed by atoms with van der Waals surface area (Å²) < 4.78 is 27.0. The number of hydrogen-bond acceptors (Lipinski definition) is 4. The second-order valence-electron chi connectivity index (χ2n) is 11.5. The van der Waals surface area contributed by atoms with Gasteiger partial charge in [-0.2, -0.15) is 0 Å². The number of hydrogen-bond donors (Lipinski definition) is 1. The lowest BCUT2D eigenvalue weighted by Crippen LogP contribution is -2.51. The SMILES string of the molecule is Cc1ccc(C)c(N(CCCC(=O)N(Cc2ccccc2C)[C@@H](Cc2ccccc2)C(=O)NCC(C)C)S(C)(=O)=O)c1. The van der Waals surface area contributed by atoms with Crippen LogP contribution in [0, 0.1) is 26.7 Å². The molecule has 0 aromatic heterocycles. The van der Waals surface area contributed by atoms with Gasteiger partial charge in [-0.25, -0.2) is 8.42 Å². The van der Waals surface area contributed by atoms with E-state index in [2.05, 4.69) is 5.32 Å². The van der Waals surface area contributed by atoms with Crippen LogP contribution in [0.15, 0.2) is 72.8 Å². The maximum atomic E-state index is 14.0. The highest BCUT2D eigenvalue weighted by atomic mass is 32.2. The Labute approximate surface area is 252 Å². The Morgan fingerprint density at radius 1 is 0.881 bits per heavy atom. The quantitative estimate of drug-likeness (QED) is 0.266. The molecule has 0 saturated carbocycles. The summed E-state index contributed by atoms with van der Waals surface area (Å²) in [5.74, 6) is -0.116. The van der Waals surface area contributed by atoms with Crippen LogP contribution in [0.5, 0.6) is 0 Å². The molecule has 7 nitrogen and oxygen atoms in total. The van der Waals surface area contributed by atoms with Crippen molar-refractivity contribution in [3.63, 3.8) is 0 Å². The zero-order chi connectivity index (χ0) is 30.9. The van der Waals surface area contributed by atoms with Crippen molar-refractivity contribution in [1.29, 1.82) is 0 Å². The minimum Gasteiger partial charge on any atom is -0.354 e. The molecule has 0 spiro atoms. The van der Waals surface area contributed by atoms with E-state index in [1.807, 2.05) is 107 Å². The van der Waals surface area contributed by atoms with E-state index in [4.69, 9.17) is 0 Å². The number of sulfonamides is 1. The topological polar surface area (TPSA) is 86.8 Å². The predicted octanol–water partition coefficient (Wildman–Crippen LogP) is 5.57. The van der Waals surface area contributed by atoms with Gasteiger partial charge in [0.25, 0.3) is 0 Å². The largest absolute Gasteiger partial charge is 0.354 e. The third kappa shape index (κ3) is 9.44. The first-order valence-electron chi connectivity index (χ1n) is 14.6. The molecule has 0 aliphatic rings. The van der Waals surface area contributed by atoms with Crippen LogP contribution in [-0.2, 0) is 32.6 Å². The second kappa shape index (κ2) is 15.0. The van der Waals surface area contributed by atoms with Gasteiger partial charge in [0.15, 0.2) is 0 Å². The Morgan fingerprint density at radius 2 is 1.55 bits per heavy atom. The third-order valence-electron chi connectivity index (χ3n) is 7.34. The Kier molecular flexibility index (Phi) is 11.7. The molecule has 3 rings (SSSR count). The van der Waals surface area contributed by atoms with E-state index in [0.29, 0.717) is 25.1 Å². The number of aryl methyl sites for hydroxylation is 3. The Hall–Kier alpha value is -3.65. The number of nitrogens with one attached hydrogen (secondary N) is 1. The molecule has 2 amide bonds. The van der Waals surface area contributed by atoms with Crippen LogP contribution < -0.4 is 9.62 Å². The maximum Gasteiger partial charge on any atom is 0.243 e. The van der Waals surface area contributed by atoms with Crippen LogP contribution in [0.2, 0.25) is 0 Å². The Bertz CT molecular complexity index is 1450. The van der Waals surface area contributed by atoms with Crippen LogP contribution in [0.3, 0.4) is 0 Å². The van der Waals surface area contributed by atoms with Crippen molar-refractivity contribution < 1.29 is 18.0 Å². The summed E-state index contributed by atoms with van der Waals surface area (Å²) in [6.45, 7) is 10.8. The number of carbonyl (C=O) groups excluding carboxylic acids is 2. The Morgan fingerprint density at radius 3 is 2.19 bits per heavy atom. The number of rotatable bonds is 14. The van der Waals surface area contributed by atoms with Gasteiger partial charge in [0.05, 0.1) is 11.9 Å². The first kappa shape index (κ1) is 32.9. The van der Waals surface area contributed by atoms with Crippen molar-refractivity contribution >= 4 is 27.5 Å². The molecular formula is C34H45N3O4S. The van der Waals surface area contributed by atoms with Crippen LogP contribution >= 0.6 is 0 Å². The fourth-order valence-corrected chi connectivity index (χ4v) is 5.93. The van der Waals surface area contributed by atoms with E-state index >= 15 is 0 Å². The molecule has 0 aliphatic heterocycles. The lowest BCUT2D eigenvalue weighted by molar-refractivity contribution is -0.141. The maximum absolute atomic E-state index is 14.0. The summed E-state index contributed by atoms with van der Waals surface area (Å²) in [7, 11) is -3.57. The van der Waals surface area contributed by atoms with E-state index in [1.165, 1.54) is 10.6 Å². The third-order valence-corrected chi connectivity index (χ3v) is 8.52. The highest BCUT2D eigenvalue weighted by Crippen LogP contribution is 2.25. The van der Waals surface area contributed by atoms with Crippen LogP contribution in [0.4, 0.5) is 5.69 Å². The van der Waals surface area contributed by atoms with E-state index < -0.39 is 16.1 Å². The minimum atomic E-state index is -3.57. The first-order valence-corrected chi connectivity index (χ1v) is 16.4. The minimum absolute atomic E-state index is 0.103. The lowest BCUT2D eigenvalue weighted by Gasteiger charge is -2.32. The van der Waals surface area contributed by atoms with Gasteiger partial charge in [-0.05, 0) is 67.0 Å². The van der Waals surface area contributed by atoms with E-state index in [0.717, 1.165) is 27.8 Å². The van der Waals surface area contributed by atoms with Gasteiger partial charge in [0.2, 0.25) is 21.8 Å². The molecule has 3 aromatic rings. The second-order valence-corrected chi connectivity index (χ2v) is 13.4. The average molecular weight is 592 g/mol. The van der Waals surface area contributed by atoms with Crippen molar-refractivity contribution in [3.8, 4) is 0 Å². The molecule has 0 saturated heterocycles. The van der Waals surface area contributed by atoms with Crippen molar-refractivity contribution in [2.45, 2.75) is 66.5 Å². The highest BCUT2D eigenvalue weighted by Gasteiger charge is 2.31. The van der Waals surface area contributed by atoms with Crippen molar-refractivity contribution in [3.05, 3.63) is 101 Å². The van der Waals surface area contributed by atoms with Crippen LogP contribution in [0.25, 0.3) is 0 Å². The molecule has 0 radical (unpaired) electrons. The summed E-state index contributed by atoms with van der Waals surface area (Å²) in [4.78, 5) is 29.3. The average Bonchev–Trinajstić information content (AvgIpc) is 2.94. The molecule has 1 atom stereocenters. The van der Waals surface area contributed by atoms with Crippen LogP contribution in [-0.4, -0.2) is 50.5 Å². The molecule has 0 fully saturated rings. The summed E-state index contributed by atoms with van der Waals surface area (Å²) in [5, 5.41) is 3.05. The van der Waals surface area contributed by atoms with Gasteiger partial charge in [-0.1, -0.05) is 80.6 Å². The molecule has 226 valence electrons. The van der Waals surface area contributed by atoms with E-state index in [-0.39, 0.29) is 37.2 Å². The van der Waals surface area contributed by atoms with Gasteiger partial charge < -0.3 is 10.2 Å². The fraction of sp³-hybridized carbons (Fsp3) is 0.412. The normalized spacial score (nSPS) is 12.2. The van der Waals surface area contributed by atoms with Crippen LogP contribution in [0.1, 0.15) is 54.5 Å². The molecule has 0 unspecified atom stereocenters. The Balaban J connectivity index is 1.91. The van der Waals surface area contributed by atoms with Gasteiger partial charge in [0, 0.05) is 32.5 Å². The number of carbonyl (C=O) groups is 2. The predicted molar refractivity (Wildman–Crippen MR) is 171 cm³/mol. The number of benzene rings is 3. The molecule has 0 bridgehead atoms. The van der Waals surface area contributed by atoms with Crippen molar-refractivity contribution in [2.24, 2.45) is 5.92 Å². The molecule has 3 aromatic carbocycles. The summed E-state index contributed by atoms with van der Waals surface area (Å²) >= 11 is 0. The first-order chi connectivity index (χ1) is 19.9. The molecule has 0 heterocycles. The zero-order valence-electron chi connectivity index (χ0n) is 25.8. The molecule has 0 aliphatic carbocycles. The molecule has 8 heteroatoms. The van der Waals surface area contributed by atoms with E-state index in [1.54, 1.807) is 4.90 Å². The lowest BCUT2D eigenvalue weighted by atomic mass is 10.0. The summed E-state index contributed by atoms with van der Waals surface area (Å²) in [6, 6.07) is 22.6. The molecule has 42 heavy (non-hydrogen) atoms. The highest BCUT2D eigenvalue weighted by molar-refractivity contribution is 7.92. The number of amides is 2. The molecular weight excluding hydrogens is 546 g/mol. The smallest absolute Gasteiger partial charge is 0.243 e. The van der Waals surface area contributed by atoms with Gasteiger partial charge in [-0.3, -0.25) is 13.9 Å². The zero-order valence-corrected chi connectivity index (χ0v) is 26.6. The van der Waals surface area contributed by atoms with Gasteiger partial charge in [0.1, 0.15) is 6.04 Å². The van der Waals surface area contributed by atoms with E-state index in [9.17, 15) is 18.0 Å². The number of anilines is 1. The van der Waals surface area contributed by atoms with Gasteiger partial charge in [-0.15, -0.1) is 0 Å².